The lowest BCUT2D eigenvalue weighted by atomic mass is 9.79. The third-order valence-electron chi connectivity index (χ3n) is 5.50. The van der Waals surface area contributed by atoms with Crippen molar-refractivity contribution in [2.45, 2.75) is 19.3 Å². The standard InChI is InChI=1S/C26H22Cl2O3/c1-30-26(29)24-19(10-7-17-8-12-20(27)13-9-17)15-18-11-14-21(28)16-23(18)25(24)31-22-5-3-2-4-6-22/h2-6,8-9,11-14,16,19H,7,10,15H2,1H3. The van der Waals surface area contributed by atoms with E-state index in [-0.39, 0.29) is 11.9 Å². The number of fused-ring (bicyclic) bond motifs is 1. The van der Waals surface area contributed by atoms with Crippen LogP contribution in [-0.4, -0.2) is 13.1 Å². The Labute approximate surface area is 192 Å². The van der Waals surface area contributed by atoms with Gasteiger partial charge in [-0.1, -0.05) is 59.6 Å². The maximum absolute atomic E-state index is 12.9. The average Bonchev–Trinajstić information content (AvgIpc) is 2.79. The Morgan fingerprint density at radius 3 is 2.39 bits per heavy atom. The van der Waals surface area contributed by atoms with Crippen LogP contribution >= 0.6 is 23.2 Å². The van der Waals surface area contributed by atoms with Gasteiger partial charge in [-0.25, -0.2) is 4.79 Å². The number of esters is 1. The summed E-state index contributed by atoms with van der Waals surface area (Å²) in [5.74, 6) is 0.749. The van der Waals surface area contributed by atoms with Crippen molar-refractivity contribution in [3.05, 3.63) is 105 Å². The van der Waals surface area contributed by atoms with Crippen LogP contribution in [0.5, 0.6) is 5.75 Å². The lowest BCUT2D eigenvalue weighted by molar-refractivity contribution is -0.136. The number of methoxy groups -OCH3 is 1. The van der Waals surface area contributed by atoms with Crippen LogP contribution in [0.25, 0.3) is 5.76 Å². The molecule has 0 bridgehead atoms. The zero-order chi connectivity index (χ0) is 21.8. The molecule has 158 valence electrons. The van der Waals surface area contributed by atoms with Crippen LogP contribution in [-0.2, 0) is 22.4 Å². The van der Waals surface area contributed by atoms with Crippen molar-refractivity contribution in [2.75, 3.05) is 7.11 Å². The third-order valence-corrected chi connectivity index (χ3v) is 5.99. The fourth-order valence-corrected chi connectivity index (χ4v) is 4.26. The van der Waals surface area contributed by atoms with E-state index in [0.29, 0.717) is 33.5 Å². The summed E-state index contributed by atoms with van der Waals surface area (Å²) in [5.41, 5.74) is 3.65. The molecule has 0 saturated carbocycles. The molecule has 31 heavy (non-hydrogen) atoms. The lowest BCUT2D eigenvalue weighted by Gasteiger charge is -2.29. The minimum atomic E-state index is -0.377. The summed E-state index contributed by atoms with van der Waals surface area (Å²) in [6.45, 7) is 0. The molecule has 0 N–H and O–H groups in total. The van der Waals surface area contributed by atoms with E-state index in [1.54, 1.807) is 0 Å². The fraction of sp³-hybridized carbons (Fsp3) is 0.192. The smallest absolute Gasteiger partial charge is 0.337 e. The summed E-state index contributed by atoms with van der Waals surface area (Å²) < 4.78 is 11.4. The van der Waals surface area contributed by atoms with Gasteiger partial charge in [-0.2, -0.15) is 0 Å². The zero-order valence-electron chi connectivity index (χ0n) is 17.1. The molecule has 4 rings (SSSR count). The molecular formula is C26H22Cl2O3. The summed E-state index contributed by atoms with van der Waals surface area (Å²) >= 11 is 12.3. The maximum Gasteiger partial charge on any atom is 0.337 e. The van der Waals surface area contributed by atoms with E-state index in [1.165, 1.54) is 12.7 Å². The van der Waals surface area contributed by atoms with Gasteiger partial charge in [0.1, 0.15) is 11.5 Å². The van der Waals surface area contributed by atoms with E-state index in [0.717, 1.165) is 24.0 Å². The van der Waals surface area contributed by atoms with Crippen molar-refractivity contribution in [2.24, 2.45) is 5.92 Å². The Morgan fingerprint density at radius 1 is 0.968 bits per heavy atom. The van der Waals surface area contributed by atoms with E-state index in [9.17, 15) is 4.79 Å². The van der Waals surface area contributed by atoms with E-state index < -0.39 is 0 Å². The van der Waals surface area contributed by atoms with Gasteiger partial charge < -0.3 is 9.47 Å². The molecule has 0 aromatic heterocycles. The van der Waals surface area contributed by atoms with Gasteiger partial charge in [0.2, 0.25) is 0 Å². The number of carbonyl (C=O) groups excluding carboxylic acids is 1. The lowest BCUT2D eigenvalue weighted by Crippen LogP contribution is -2.25. The van der Waals surface area contributed by atoms with Gasteiger partial charge >= 0.3 is 5.97 Å². The molecule has 0 saturated heterocycles. The SMILES string of the molecule is COC(=O)C1=C(Oc2ccccc2)c2cc(Cl)ccc2CC1CCc1ccc(Cl)cc1. The molecule has 3 aromatic carbocycles. The molecule has 5 heteroatoms. The highest BCUT2D eigenvalue weighted by Gasteiger charge is 2.34. The molecular weight excluding hydrogens is 431 g/mol. The molecule has 0 amide bonds. The maximum atomic E-state index is 12.9. The van der Waals surface area contributed by atoms with Gasteiger partial charge in [0.05, 0.1) is 12.7 Å². The number of para-hydroxylation sites is 1. The van der Waals surface area contributed by atoms with Gasteiger partial charge in [0.25, 0.3) is 0 Å². The molecule has 0 heterocycles. The minimum absolute atomic E-state index is 0.0458. The predicted molar refractivity (Wildman–Crippen MR) is 124 cm³/mol. The van der Waals surface area contributed by atoms with E-state index in [1.807, 2.05) is 72.8 Å². The third kappa shape index (κ3) is 4.95. The molecule has 0 spiro atoms. The highest BCUT2D eigenvalue weighted by Crippen LogP contribution is 2.40. The number of aryl methyl sites for hydroxylation is 1. The summed E-state index contributed by atoms with van der Waals surface area (Å²) in [7, 11) is 1.40. The average molecular weight is 453 g/mol. The molecule has 1 unspecified atom stereocenters. The molecule has 1 aliphatic carbocycles. The highest BCUT2D eigenvalue weighted by molar-refractivity contribution is 6.31. The van der Waals surface area contributed by atoms with E-state index in [4.69, 9.17) is 32.7 Å². The quantitative estimate of drug-likeness (QED) is 0.387. The summed E-state index contributed by atoms with van der Waals surface area (Å²) in [5, 5.41) is 1.30. The largest absolute Gasteiger partial charge is 0.466 e. The number of carbonyl (C=O) groups is 1. The van der Waals surface area contributed by atoms with Gasteiger partial charge in [-0.15, -0.1) is 0 Å². The van der Waals surface area contributed by atoms with Crippen LogP contribution in [0.3, 0.4) is 0 Å². The van der Waals surface area contributed by atoms with Gasteiger partial charge in [-0.3, -0.25) is 0 Å². The number of benzene rings is 3. The molecule has 0 aliphatic heterocycles. The van der Waals surface area contributed by atoms with Gasteiger partial charge in [0, 0.05) is 15.6 Å². The van der Waals surface area contributed by atoms with Gasteiger partial charge in [-0.05, 0) is 72.7 Å². The Morgan fingerprint density at radius 2 is 1.68 bits per heavy atom. The predicted octanol–water partition coefficient (Wildman–Crippen LogP) is 6.76. The van der Waals surface area contributed by atoms with E-state index >= 15 is 0 Å². The van der Waals surface area contributed by atoms with Crippen molar-refractivity contribution in [3.63, 3.8) is 0 Å². The van der Waals surface area contributed by atoms with Crippen LogP contribution in [0.1, 0.15) is 23.1 Å². The van der Waals surface area contributed by atoms with E-state index in [2.05, 4.69) is 0 Å². The Balaban J connectivity index is 1.75. The highest BCUT2D eigenvalue weighted by atomic mass is 35.5. The summed E-state index contributed by atoms with van der Waals surface area (Å²) in [6.07, 6.45) is 2.30. The van der Waals surface area contributed by atoms with Crippen molar-refractivity contribution < 1.29 is 14.3 Å². The van der Waals surface area contributed by atoms with Crippen molar-refractivity contribution >= 4 is 34.9 Å². The zero-order valence-corrected chi connectivity index (χ0v) is 18.6. The van der Waals surface area contributed by atoms with Crippen LogP contribution in [0, 0.1) is 5.92 Å². The summed E-state index contributed by atoms with van der Waals surface area (Å²) in [4.78, 5) is 12.9. The molecule has 3 nitrogen and oxygen atoms in total. The number of hydrogen-bond donors (Lipinski definition) is 0. The topological polar surface area (TPSA) is 35.5 Å². The number of hydrogen-bond acceptors (Lipinski definition) is 3. The van der Waals surface area contributed by atoms with Crippen LogP contribution in [0.4, 0.5) is 0 Å². The minimum Gasteiger partial charge on any atom is -0.466 e. The monoisotopic (exact) mass is 452 g/mol. The fourth-order valence-electron chi connectivity index (χ4n) is 3.96. The number of rotatable bonds is 6. The first-order valence-electron chi connectivity index (χ1n) is 10.1. The first-order chi connectivity index (χ1) is 15.0. The normalized spacial score (nSPS) is 15.4. The second-order valence-corrected chi connectivity index (χ2v) is 8.39. The first kappa shape index (κ1) is 21.5. The van der Waals surface area contributed by atoms with Crippen LogP contribution < -0.4 is 4.74 Å². The molecule has 1 aliphatic rings. The van der Waals surface area contributed by atoms with Crippen molar-refractivity contribution in [3.8, 4) is 5.75 Å². The second kappa shape index (κ2) is 9.59. The number of ether oxygens (including phenoxy) is 2. The molecule has 0 fully saturated rings. The van der Waals surface area contributed by atoms with Crippen molar-refractivity contribution in [1.29, 1.82) is 0 Å². The first-order valence-corrected chi connectivity index (χ1v) is 10.9. The van der Waals surface area contributed by atoms with Crippen LogP contribution in [0.15, 0.2) is 78.4 Å². The Bertz CT molecular complexity index is 1110. The second-order valence-electron chi connectivity index (χ2n) is 7.52. The Hall–Kier alpha value is -2.75. The molecule has 0 radical (unpaired) electrons. The van der Waals surface area contributed by atoms with Crippen LogP contribution in [0.2, 0.25) is 10.0 Å². The van der Waals surface area contributed by atoms with Gasteiger partial charge in [0.15, 0.2) is 0 Å². The Kier molecular flexibility index (Phi) is 6.64. The molecule has 1 atom stereocenters. The van der Waals surface area contributed by atoms with Crippen molar-refractivity contribution in [1.82, 2.24) is 0 Å². The molecule has 3 aromatic rings. The number of halogens is 2. The summed E-state index contributed by atoms with van der Waals surface area (Å²) in [6, 6.07) is 23.0.